The van der Waals surface area contributed by atoms with Crippen LogP contribution in [0.2, 0.25) is 0 Å². The molecule has 0 saturated carbocycles. The molecular formula is C25H40N4O4. The summed E-state index contributed by atoms with van der Waals surface area (Å²) in [5.41, 5.74) is 0.644. The first-order valence-corrected chi connectivity index (χ1v) is 12.3. The summed E-state index contributed by atoms with van der Waals surface area (Å²) in [6, 6.07) is 4.44. The number of hydrogen-bond acceptors (Lipinski definition) is 6. The quantitative estimate of drug-likeness (QED) is 0.559. The molecule has 1 fully saturated rings. The second-order valence-corrected chi connectivity index (χ2v) is 10.1. The smallest absolute Gasteiger partial charge is 0.415 e. The molecule has 0 aromatic carbocycles. The van der Waals surface area contributed by atoms with Crippen molar-refractivity contribution >= 4 is 18.0 Å². The monoisotopic (exact) mass is 460 g/mol. The van der Waals surface area contributed by atoms with Gasteiger partial charge in [-0.3, -0.25) is 4.90 Å². The highest BCUT2D eigenvalue weighted by Gasteiger charge is 2.33. The van der Waals surface area contributed by atoms with Crippen LogP contribution in [0.4, 0.5) is 15.4 Å². The van der Waals surface area contributed by atoms with E-state index in [0.29, 0.717) is 19.2 Å². The van der Waals surface area contributed by atoms with Crippen molar-refractivity contribution in [2.45, 2.75) is 83.9 Å². The summed E-state index contributed by atoms with van der Waals surface area (Å²) in [5, 5.41) is 0. The molecule has 2 aliphatic heterocycles. The zero-order valence-electron chi connectivity index (χ0n) is 20.9. The molecule has 0 spiro atoms. The normalized spacial score (nSPS) is 20.7. The van der Waals surface area contributed by atoms with Crippen LogP contribution in [0.1, 0.15) is 65.4 Å². The highest BCUT2D eigenvalue weighted by molar-refractivity contribution is 5.88. The van der Waals surface area contributed by atoms with E-state index >= 15 is 0 Å². The number of likely N-dealkylation sites (N-methyl/N-ethyl adjacent to an activating group) is 1. The largest absolute Gasteiger partial charge is 0.449 e. The first kappa shape index (κ1) is 25.3. The molecule has 2 atom stereocenters. The molecule has 8 nitrogen and oxygen atoms in total. The number of anilines is 1. The lowest BCUT2D eigenvalue weighted by Crippen LogP contribution is -2.44. The number of unbranched alkanes of at least 4 members (excludes halogenated alkanes) is 1. The topological polar surface area (TPSA) is 75.2 Å². The van der Waals surface area contributed by atoms with E-state index in [0.717, 1.165) is 63.0 Å². The number of hydrogen-bond donors (Lipinski definition) is 0. The molecule has 2 aliphatic rings. The molecule has 0 N–H and O–H groups in total. The number of carbonyl (C=O) groups is 2. The third-order valence-electron chi connectivity index (χ3n) is 6.41. The van der Waals surface area contributed by atoms with Gasteiger partial charge in [0.1, 0.15) is 11.4 Å². The predicted molar refractivity (Wildman–Crippen MR) is 129 cm³/mol. The average molecular weight is 461 g/mol. The van der Waals surface area contributed by atoms with E-state index in [9.17, 15) is 9.59 Å². The zero-order chi connectivity index (χ0) is 24.0. The number of pyridine rings is 1. The highest BCUT2D eigenvalue weighted by Crippen LogP contribution is 2.31. The van der Waals surface area contributed by atoms with Gasteiger partial charge < -0.3 is 19.3 Å². The number of amides is 2. The van der Waals surface area contributed by atoms with Crippen LogP contribution in [-0.2, 0) is 15.9 Å². The molecule has 0 radical (unpaired) electrons. The molecule has 2 amide bonds. The van der Waals surface area contributed by atoms with Crippen molar-refractivity contribution in [2.24, 2.45) is 0 Å². The van der Waals surface area contributed by atoms with E-state index in [4.69, 9.17) is 9.47 Å². The van der Waals surface area contributed by atoms with E-state index in [1.54, 1.807) is 11.1 Å². The number of rotatable bonds is 7. The van der Waals surface area contributed by atoms with Gasteiger partial charge in [-0.05, 0) is 85.0 Å². The Hall–Kier alpha value is -2.35. The molecular weight excluding hydrogens is 420 g/mol. The number of nitrogens with zero attached hydrogens (tertiary/aromatic N) is 4. The van der Waals surface area contributed by atoms with Crippen LogP contribution < -0.4 is 4.90 Å². The van der Waals surface area contributed by atoms with Gasteiger partial charge in [-0.1, -0.05) is 12.5 Å². The fourth-order valence-electron chi connectivity index (χ4n) is 4.69. The SMILES string of the molecule is CCOC(=O)N1c2ncccc2CCC1CCCCN(C)[C@@H]1CCN(C(=O)OC(C)(C)C)C1. The zero-order valence-corrected chi connectivity index (χ0v) is 20.9. The second-order valence-electron chi connectivity index (χ2n) is 10.1. The molecule has 1 unspecified atom stereocenters. The van der Waals surface area contributed by atoms with Gasteiger partial charge in [0.15, 0.2) is 0 Å². The molecule has 1 saturated heterocycles. The lowest BCUT2D eigenvalue weighted by Gasteiger charge is -2.35. The number of aryl methyl sites for hydroxylation is 1. The van der Waals surface area contributed by atoms with Crippen LogP contribution in [0.3, 0.4) is 0 Å². The number of carbonyl (C=O) groups excluding carboxylic acids is 2. The maximum Gasteiger partial charge on any atom is 0.415 e. The maximum absolute atomic E-state index is 12.7. The van der Waals surface area contributed by atoms with Crippen molar-refractivity contribution in [3.05, 3.63) is 23.9 Å². The van der Waals surface area contributed by atoms with E-state index in [1.165, 1.54) is 0 Å². The molecule has 1 aromatic heterocycles. The Morgan fingerprint density at radius 2 is 2.00 bits per heavy atom. The summed E-state index contributed by atoms with van der Waals surface area (Å²) in [4.78, 5) is 35.4. The van der Waals surface area contributed by atoms with Crippen LogP contribution >= 0.6 is 0 Å². The van der Waals surface area contributed by atoms with Crippen molar-refractivity contribution in [2.75, 3.05) is 38.2 Å². The van der Waals surface area contributed by atoms with Crippen molar-refractivity contribution in [1.82, 2.24) is 14.8 Å². The Kier molecular flexibility index (Phi) is 8.57. The summed E-state index contributed by atoms with van der Waals surface area (Å²) in [6.07, 6.45) is 7.06. The lowest BCUT2D eigenvalue weighted by molar-refractivity contribution is 0.0282. The number of likely N-dealkylation sites (tertiary alicyclic amines) is 1. The molecule has 8 heteroatoms. The van der Waals surface area contributed by atoms with Gasteiger partial charge in [-0.2, -0.15) is 0 Å². The van der Waals surface area contributed by atoms with Crippen LogP contribution in [-0.4, -0.2) is 77.9 Å². The fourth-order valence-corrected chi connectivity index (χ4v) is 4.69. The Morgan fingerprint density at radius 3 is 2.73 bits per heavy atom. The standard InChI is InChI=1S/C25H40N4O4/c1-6-32-24(31)29-20(13-12-19-10-9-15-26-22(19)29)11-7-8-16-27(5)21-14-17-28(18-21)23(30)33-25(2,3)4/h9-10,15,20-21H,6-8,11-14,16-18H2,1-5H3/t20?,21-/m1/s1. The summed E-state index contributed by atoms with van der Waals surface area (Å²) in [6.45, 7) is 10.3. The first-order valence-electron chi connectivity index (χ1n) is 12.3. The third-order valence-corrected chi connectivity index (χ3v) is 6.41. The Morgan fingerprint density at radius 1 is 1.21 bits per heavy atom. The van der Waals surface area contributed by atoms with Gasteiger partial charge >= 0.3 is 12.2 Å². The van der Waals surface area contributed by atoms with Crippen LogP contribution in [0.25, 0.3) is 0 Å². The second kappa shape index (κ2) is 11.2. The van der Waals surface area contributed by atoms with Crippen molar-refractivity contribution in [1.29, 1.82) is 0 Å². The molecule has 3 rings (SSSR count). The van der Waals surface area contributed by atoms with Crippen LogP contribution in [0.5, 0.6) is 0 Å². The van der Waals surface area contributed by atoms with Crippen LogP contribution in [0, 0.1) is 0 Å². The van der Waals surface area contributed by atoms with Crippen LogP contribution in [0.15, 0.2) is 18.3 Å². The minimum atomic E-state index is -0.465. The number of fused-ring (bicyclic) bond motifs is 1. The van der Waals surface area contributed by atoms with Gasteiger partial charge in [0.2, 0.25) is 0 Å². The summed E-state index contributed by atoms with van der Waals surface area (Å²) in [7, 11) is 2.13. The minimum absolute atomic E-state index is 0.117. The van der Waals surface area contributed by atoms with Gasteiger partial charge in [0, 0.05) is 31.4 Å². The van der Waals surface area contributed by atoms with E-state index in [-0.39, 0.29) is 18.2 Å². The number of ether oxygens (including phenoxy) is 2. The lowest BCUT2D eigenvalue weighted by atomic mass is 9.95. The summed E-state index contributed by atoms with van der Waals surface area (Å²) >= 11 is 0. The summed E-state index contributed by atoms with van der Waals surface area (Å²) < 4.78 is 10.8. The molecule has 0 aliphatic carbocycles. The average Bonchev–Trinajstić information content (AvgIpc) is 3.26. The van der Waals surface area contributed by atoms with Gasteiger partial charge in [0.05, 0.1) is 6.61 Å². The highest BCUT2D eigenvalue weighted by atomic mass is 16.6. The van der Waals surface area contributed by atoms with E-state index < -0.39 is 5.60 Å². The Balaban J connectivity index is 1.46. The third kappa shape index (κ3) is 6.82. The molecule has 33 heavy (non-hydrogen) atoms. The maximum atomic E-state index is 12.7. The minimum Gasteiger partial charge on any atom is -0.449 e. The summed E-state index contributed by atoms with van der Waals surface area (Å²) in [5.74, 6) is 0.748. The molecule has 3 heterocycles. The van der Waals surface area contributed by atoms with Gasteiger partial charge in [-0.15, -0.1) is 0 Å². The van der Waals surface area contributed by atoms with Gasteiger partial charge in [-0.25, -0.2) is 14.6 Å². The fraction of sp³-hybridized carbons (Fsp3) is 0.720. The predicted octanol–water partition coefficient (Wildman–Crippen LogP) is 4.47. The number of aromatic nitrogens is 1. The van der Waals surface area contributed by atoms with E-state index in [2.05, 4.69) is 16.9 Å². The Bertz CT molecular complexity index is 810. The molecule has 1 aromatic rings. The van der Waals surface area contributed by atoms with E-state index in [1.807, 2.05) is 44.7 Å². The first-order chi connectivity index (χ1) is 15.7. The molecule has 0 bridgehead atoms. The van der Waals surface area contributed by atoms with Crippen molar-refractivity contribution in [3.63, 3.8) is 0 Å². The van der Waals surface area contributed by atoms with Gasteiger partial charge in [0.25, 0.3) is 0 Å². The molecule has 184 valence electrons. The van der Waals surface area contributed by atoms with Crippen molar-refractivity contribution < 1.29 is 19.1 Å². The van der Waals surface area contributed by atoms with Crippen molar-refractivity contribution in [3.8, 4) is 0 Å². The Labute approximate surface area is 198 Å².